The van der Waals surface area contributed by atoms with Crippen molar-refractivity contribution in [2.24, 2.45) is 0 Å². The molecule has 0 amide bonds. The predicted molar refractivity (Wildman–Crippen MR) is 113 cm³/mol. The summed E-state index contributed by atoms with van der Waals surface area (Å²) in [6, 6.07) is 24.5. The molecule has 0 atom stereocenters. The van der Waals surface area contributed by atoms with Crippen LogP contribution in [0.3, 0.4) is 0 Å². The first kappa shape index (κ1) is 17.8. The van der Waals surface area contributed by atoms with Crippen molar-refractivity contribution >= 4 is 23.3 Å². The number of phenolic OH excluding ortho intramolecular Hbond substituents is 1. The lowest BCUT2D eigenvalue weighted by Crippen LogP contribution is -1.91. The second-order valence-corrected chi connectivity index (χ2v) is 6.68. The van der Waals surface area contributed by atoms with Crippen LogP contribution in [0.15, 0.2) is 72.8 Å². The van der Waals surface area contributed by atoms with Gasteiger partial charge in [-0.25, -0.2) is 0 Å². The van der Waals surface area contributed by atoms with Crippen LogP contribution in [0.4, 0.5) is 0 Å². The molecule has 130 valence electrons. The minimum atomic E-state index is 0.338. The summed E-state index contributed by atoms with van der Waals surface area (Å²) in [5.74, 6) is 0.338. The summed E-state index contributed by atoms with van der Waals surface area (Å²) in [6.07, 6.45) is 4.21. The highest BCUT2D eigenvalue weighted by Gasteiger charge is 2.12. The number of aryl methyl sites for hydroxylation is 1. The molecule has 3 aromatic carbocycles. The van der Waals surface area contributed by atoms with Crippen molar-refractivity contribution in [1.29, 1.82) is 0 Å². The average molecular weight is 340 g/mol. The van der Waals surface area contributed by atoms with E-state index in [2.05, 4.69) is 43.3 Å². The van der Waals surface area contributed by atoms with Crippen molar-refractivity contribution < 1.29 is 5.11 Å². The molecule has 0 bridgehead atoms. The fraction of sp³-hybridized carbons (Fsp3) is 0.120. The zero-order valence-electron chi connectivity index (χ0n) is 15.5. The number of allylic oxidation sites excluding steroid dienone is 2. The second-order valence-electron chi connectivity index (χ2n) is 6.68. The largest absolute Gasteiger partial charge is 0.507 e. The van der Waals surface area contributed by atoms with Crippen LogP contribution in [0.5, 0.6) is 5.75 Å². The van der Waals surface area contributed by atoms with Gasteiger partial charge in [0.2, 0.25) is 0 Å². The summed E-state index contributed by atoms with van der Waals surface area (Å²) in [7, 11) is 0. The van der Waals surface area contributed by atoms with E-state index < -0.39 is 0 Å². The summed E-state index contributed by atoms with van der Waals surface area (Å²) in [4.78, 5) is 0. The Kier molecular flexibility index (Phi) is 5.38. The molecule has 0 fully saturated rings. The smallest absolute Gasteiger partial charge is 0.130 e. The van der Waals surface area contributed by atoms with Gasteiger partial charge in [-0.15, -0.1) is 0 Å². The number of hydrogen-bond donors (Lipinski definition) is 1. The Balaban J connectivity index is 2.04. The SMILES string of the molecule is C/C(=C\c1ccccc1)c1cc(C)cc(/C(C)=C/c2ccccc2)c1O. The van der Waals surface area contributed by atoms with Crippen molar-refractivity contribution in [2.75, 3.05) is 0 Å². The van der Waals surface area contributed by atoms with Crippen molar-refractivity contribution in [2.45, 2.75) is 20.8 Å². The van der Waals surface area contributed by atoms with Gasteiger partial charge in [-0.1, -0.05) is 72.8 Å². The predicted octanol–water partition coefficient (Wildman–Crippen LogP) is 6.82. The van der Waals surface area contributed by atoms with Crippen LogP contribution >= 0.6 is 0 Å². The highest BCUT2D eigenvalue weighted by atomic mass is 16.3. The Labute approximate surface area is 156 Å². The van der Waals surface area contributed by atoms with Crippen LogP contribution in [0, 0.1) is 6.92 Å². The van der Waals surface area contributed by atoms with E-state index in [1.165, 1.54) is 0 Å². The molecule has 1 nitrogen and oxygen atoms in total. The first-order chi connectivity index (χ1) is 12.5. The van der Waals surface area contributed by atoms with Crippen molar-refractivity contribution in [3.05, 3.63) is 101 Å². The standard InChI is InChI=1S/C25H24O/c1-18-14-23(19(2)16-21-10-6-4-7-11-21)25(26)24(15-18)20(3)17-22-12-8-5-9-13-22/h4-17,26H,1-3H3/b19-16+,20-17+. The number of aromatic hydroxyl groups is 1. The lowest BCUT2D eigenvalue weighted by Gasteiger charge is -2.13. The van der Waals surface area contributed by atoms with Crippen molar-refractivity contribution in [3.8, 4) is 5.75 Å². The van der Waals surface area contributed by atoms with E-state index in [1.807, 2.05) is 62.4 Å². The van der Waals surface area contributed by atoms with Gasteiger partial charge < -0.3 is 5.11 Å². The molecule has 0 unspecified atom stereocenters. The number of rotatable bonds is 4. The summed E-state index contributed by atoms with van der Waals surface area (Å²) < 4.78 is 0. The average Bonchev–Trinajstić information content (AvgIpc) is 2.65. The van der Waals surface area contributed by atoms with Gasteiger partial charge in [0.15, 0.2) is 0 Å². The van der Waals surface area contributed by atoms with E-state index in [9.17, 15) is 5.11 Å². The van der Waals surface area contributed by atoms with Gasteiger partial charge in [0.05, 0.1) is 0 Å². The number of benzene rings is 3. The molecule has 0 spiro atoms. The Hall–Kier alpha value is -3.06. The summed E-state index contributed by atoms with van der Waals surface area (Å²) in [6.45, 7) is 6.15. The van der Waals surface area contributed by atoms with Crippen LogP contribution in [0.25, 0.3) is 23.3 Å². The molecule has 0 saturated carbocycles. The molecule has 0 radical (unpaired) electrons. The van der Waals surface area contributed by atoms with E-state index >= 15 is 0 Å². The summed E-state index contributed by atoms with van der Waals surface area (Å²) >= 11 is 0. The van der Waals surface area contributed by atoms with Gasteiger partial charge in [-0.3, -0.25) is 0 Å². The molecule has 0 aliphatic heterocycles. The fourth-order valence-electron chi connectivity index (χ4n) is 3.13. The third-order valence-corrected chi connectivity index (χ3v) is 4.47. The Bertz CT molecular complexity index is 871. The maximum Gasteiger partial charge on any atom is 0.130 e. The quantitative estimate of drug-likeness (QED) is 0.517. The first-order valence-corrected chi connectivity index (χ1v) is 8.85. The molecule has 3 aromatic rings. The minimum Gasteiger partial charge on any atom is -0.507 e. The Morgan fingerprint density at radius 2 is 1.08 bits per heavy atom. The Morgan fingerprint density at radius 3 is 1.46 bits per heavy atom. The second kappa shape index (κ2) is 7.88. The lowest BCUT2D eigenvalue weighted by atomic mass is 9.94. The van der Waals surface area contributed by atoms with Crippen LogP contribution in [-0.4, -0.2) is 5.11 Å². The van der Waals surface area contributed by atoms with Crippen LogP contribution < -0.4 is 0 Å². The maximum atomic E-state index is 10.9. The van der Waals surface area contributed by atoms with E-state index in [0.717, 1.165) is 39.0 Å². The van der Waals surface area contributed by atoms with E-state index in [4.69, 9.17) is 0 Å². The van der Waals surface area contributed by atoms with E-state index in [-0.39, 0.29) is 0 Å². The topological polar surface area (TPSA) is 20.2 Å². The molecule has 0 saturated heterocycles. The zero-order valence-corrected chi connectivity index (χ0v) is 15.5. The van der Waals surface area contributed by atoms with Gasteiger partial charge in [0, 0.05) is 11.1 Å². The van der Waals surface area contributed by atoms with Crippen LogP contribution in [0.1, 0.15) is 41.7 Å². The number of hydrogen-bond acceptors (Lipinski definition) is 1. The van der Waals surface area contributed by atoms with Crippen LogP contribution in [-0.2, 0) is 0 Å². The van der Waals surface area contributed by atoms with Gasteiger partial charge in [-0.2, -0.15) is 0 Å². The highest BCUT2D eigenvalue weighted by molar-refractivity contribution is 5.89. The molecule has 1 heteroatoms. The van der Waals surface area contributed by atoms with Crippen molar-refractivity contribution in [1.82, 2.24) is 0 Å². The molecule has 0 heterocycles. The maximum absolute atomic E-state index is 10.9. The molecule has 26 heavy (non-hydrogen) atoms. The molecule has 0 aliphatic rings. The van der Waals surface area contributed by atoms with E-state index in [0.29, 0.717) is 5.75 Å². The number of phenols is 1. The molecule has 0 aromatic heterocycles. The van der Waals surface area contributed by atoms with Gasteiger partial charge in [0.1, 0.15) is 5.75 Å². The molecule has 1 N–H and O–H groups in total. The zero-order chi connectivity index (χ0) is 18.5. The lowest BCUT2D eigenvalue weighted by molar-refractivity contribution is 0.471. The summed E-state index contributed by atoms with van der Waals surface area (Å²) in [5.41, 5.74) is 7.24. The monoisotopic (exact) mass is 340 g/mol. The van der Waals surface area contributed by atoms with E-state index in [1.54, 1.807) is 0 Å². The summed E-state index contributed by atoms with van der Waals surface area (Å²) in [5, 5.41) is 10.9. The third kappa shape index (κ3) is 4.12. The molecule has 3 rings (SSSR count). The molecule has 0 aliphatic carbocycles. The third-order valence-electron chi connectivity index (χ3n) is 4.47. The minimum absolute atomic E-state index is 0.338. The first-order valence-electron chi connectivity index (χ1n) is 8.85. The Morgan fingerprint density at radius 1 is 0.692 bits per heavy atom. The normalized spacial score (nSPS) is 12.3. The fourth-order valence-corrected chi connectivity index (χ4v) is 3.13. The molecular formula is C25H24O. The molecular weight excluding hydrogens is 316 g/mol. The highest BCUT2D eigenvalue weighted by Crippen LogP contribution is 2.35. The van der Waals surface area contributed by atoms with Gasteiger partial charge in [0.25, 0.3) is 0 Å². The van der Waals surface area contributed by atoms with Crippen molar-refractivity contribution in [3.63, 3.8) is 0 Å². The van der Waals surface area contributed by atoms with Crippen LogP contribution in [0.2, 0.25) is 0 Å². The van der Waals surface area contributed by atoms with Gasteiger partial charge >= 0.3 is 0 Å². The van der Waals surface area contributed by atoms with Gasteiger partial charge in [-0.05, 0) is 60.7 Å².